The van der Waals surface area contributed by atoms with Crippen LogP contribution >= 0.6 is 22.0 Å². The zero-order chi connectivity index (χ0) is 14.5. The maximum atomic E-state index is 11.7. The Bertz CT molecular complexity index is 343. The van der Waals surface area contributed by atoms with E-state index in [1.54, 1.807) is 0 Å². The first-order valence-electron chi connectivity index (χ1n) is 6.22. The normalized spacial score (nSPS) is 27.6. The molecule has 0 radical (unpaired) electrons. The molecule has 0 N–H and O–H groups in total. The molecule has 0 spiro atoms. The van der Waals surface area contributed by atoms with Crippen molar-refractivity contribution in [1.82, 2.24) is 8.61 Å². The van der Waals surface area contributed by atoms with E-state index in [4.69, 9.17) is 6.78 Å². The van der Waals surface area contributed by atoms with Crippen molar-refractivity contribution < 1.29 is 56.8 Å². The van der Waals surface area contributed by atoms with E-state index in [-0.39, 0.29) is 24.0 Å². The molecule has 0 aromatic rings. The molecule has 20 heavy (non-hydrogen) atoms. The Hall–Kier alpha value is 0.937. The minimum absolute atomic E-state index is 0.167. The van der Waals surface area contributed by atoms with E-state index in [9.17, 15) is 9.59 Å². The molecule has 2 atom stereocenters. The molecule has 0 unspecified atom stereocenters. The third kappa shape index (κ3) is 4.23. The number of nitrogens with zero attached hydrogens (tertiary/aromatic N) is 2. The van der Waals surface area contributed by atoms with Gasteiger partial charge in [0.2, 0.25) is 0 Å². The Morgan fingerprint density at radius 3 is 1.65 bits per heavy atom. The molecule has 0 amide bonds. The number of carbonyl (C=O) groups excluding carboxylic acids is 2. The van der Waals surface area contributed by atoms with E-state index < -0.39 is 0 Å². The third-order valence-electron chi connectivity index (χ3n) is 3.34. The van der Waals surface area contributed by atoms with Crippen LogP contribution in [0.2, 0.25) is 0 Å². The van der Waals surface area contributed by atoms with Gasteiger partial charge in [0.1, 0.15) is 0 Å². The van der Waals surface area contributed by atoms with Crippen LogP contribution in [0.25, 0.3) is 0 Å². The number of rotatable bonds is 5. The van der Waals surface area contributed by atoms with E-state index in [2.05, 4.69) is 0 Å². The van der Waals surface area contributed by atoms with Gasteiger partial charge in [0.15, 0.2) is 0 Å². The molecule has 10 heteroatoms. The van der Waals surface area contributed by atoms with Crippen LogP contribution in [0.3, 0.4) is 0 Å². The monoisotopic (exact) mass is 486 g/mol. The van der Waals surface area contributed by atoms with Gasteiger partial charge in [-0.2, -0.15) is 0 Å². The van der Waals surface area contributed by atoms with Crippen LogP contribution in [0.4, 0.5) is 0 Å². The van der Waals surface area contributed by atoms with Gasteiger partial charge < -0.3 is 0 Å². The Balaban J connectivity index is 1.85. The second kappa shape index (κ2) is 8.54. The number of hydrogen-bond acceptors (Lipinski definition) is 8. The fraction of sp³-hybridized carbons (Fsp3) is 0.800. The summed E-state index contributed by atoms with van der Waals surface area (Å²) >= 11 is 2.70. The second-order valence-electron chi connectivity index (χ2n) is 4.55. The van der Waals surface area contributed by atoms with Crippen LogP contribution in [0.15, 0.2) is 0 Å². The fourth-order valence-electron chi connectivity index (χ4n) is 2.33. The average molecular weight is 482 g/mol. The van der Waals surface area contributed by atoms with Crippen molar-refractivity contribution >= 4 is 33.9 Å². The van der Waals surface area contributed by atoms with Crippen molar-refractivity contribution in [3.63, 3.8) is 0 Å². The SMILES string of the molecule is O=C([O][Mo])[C@@H]1CCCN1SSN1CCC[C@H]1C(=O)[O][Mo]. The Morgan fingerprint density at radius 1 is 0.900 bits per heavy atom. The van der Waals surface area contributed by atoms with Crippen LogP contribution in [0.1, 0.15) is 25.7 Å². The first kappa shape index (κ1) is 17.3. The van der Waals surface area contributed by atoms with Gasteiger partial charge in [0.25, 0.3) is 0 Å². The standard InChI is InChI=1S/C10H16N2O4S2.2Mo/c13-9(14)7-3-1-5-11(7)17-18-12-6-2-4-8(12)10(15)16;;/h7-8H,1-6H2,(H,13,14)(H,15,16);;/q;2*+1/p-2/t7-,8-;;/m0../s1. The van der Waals surface area contributed by atoms with E-state index >= 15 is 0 Å². The topological polar surface area (TPSA) is 59.1 Å². The van der Waals surface area contributed by atoms with E-state index in [1.807, 2.05) is 8.61 Å². The molecular formula is C10H14Mo2N2O4S2. The van der Waals surface area contributed by atoms with Crippen molar-refractivity contribution in [2.24, 2.45) is 0 Å². The van der Waals surface area contributed by atoms with Crippen molar-refractivity contribution in [1.29, 1.82) is 0 Å². The molecule has 112 valence electrons. The molecule has 0 bridgehead atoms. The summed E-state index contributed by atoms with van der Waals surface area (Å²) in [5.74, 6) is -0.349. The molecule has 2 aliphatic heterocycles. The van der Waals surface area contributed by atoms with Crippen molar-refractivity contribution in [3.05, 3.63) is 0 Å². The molecule has 0 aliphatic carbocycles. The molecule has 2 heterocycles. The minimum atomic E-state index is -0.174. The van der Waals surface area contributed by atoms with Crippen LogP contribution in [0, 0.1) is 0 Å². The van der Waals surface area contributed by atoms with E-state index in [1.165, 1.54) is 62.3 Å². The van der Waals surface area contributed by atoms with Gasteiger partial charge in [-0.25, -0.2) is 0 Å². The molecular weight excluding hydrogens is 468 g/mol. The van der Waals surface area contributed by atoms with Crippen LogP contribution in [0.5, 0.6) is 0 Å². The molecule has 0 saturated carbocycles. The van der Waals surface area contributed by atoms with Crippen LogP contribution in [-0.4, -0.2) is 45.7 Å². The summed E-state index contributed by atoms with van der Waals surface area (Å²) in [6.07, 6.45) is 3.66. The van der Waals surface area contributed by atoms with Gasteiger partial charge in [0.05, 0.1) is 0 Å². The van der Waals surface area contributed by atoms with Crippen molar-refractivity contribution in [2.75, 3.05) is 13.1 Å². The summed E-state index contributed by atoms with van der Waals surface area (Å²) in [5.41, 5.74) is 0. The Kier molecular flexibility index (Phi) is 7.38. The van der Waals surface area contributed by atoms with Gasteiger partial charge >= 0.3 is 150 Å². The quantitative estimate of drug-likeness (QED) is 0.329. The summed E-state index contributed by atoms with van der Waals surface area (Å²) in [5, 5.41) is 0. The van der Waals surface area contributed by atoms with Crippen LogP contribution < -0.4 is 0 Å². The first-order valence-corrected chi connectivity index (χ1v) is 9.93. The summed E-state index contributed by atoms with van der Waals surface area (Å²) in [4.78, 5) is 23.3. The average Bonchev–Trinajstić information content (AvgIpc) is 3.11. The molecule has 2 saturated heterocycles. The van der Waals surface area contributed by atoms with Gasteiger partial charge in [0, 0.05) is 0 Å². The number of carbonyl (C=O) groups is 2. The first-order chi connectivity index (χ1) is 9.67. The van der Waals surface area contributed by atoms with Gasteiger partial charge in [-0.15, -0.1) is 0 Å². The summed E-state index contributed by atoms with van der Waals surface area (Å²) in [7, 11) is 3.07. The van der Waals surface area contributed by atoms with E-state index in [0.29, 0.717) is 0 Å². The fourth-order valence-corrected chi connectivity index (χ4v) is 5.63. The maximum absolute atomic E-state index is 11.7. The van der Waals surface area contributed by atoms with Gasteiger partial charge in [-0.05, 0) is 0 Å². The Morgan fingerprint density at radius 2 is 1.30 bits per heavy atom. The summed E-state index contributed by atoms with van der Waals surface area (Å²) < 4.78 is 13.8. The van der Waals surface area contributed by atoms with Crippen LogP contribution in [-0.2, 0) is 56.8 Å². The Labute approximate surface area is 149 Å². The molecule has 0 aromatic heterocycles. The van der Waals surface area contributed by atoms with Gasteiger partial charge in [-0.3, -0.25) is 0 Å². The van der Waals surface area contributed by atoms with E-state index in [0.717, 1.165) is 38.8 Å². The van der Waals surface area contributed by atoms with Crippen molar-refractivity contribution in [3.8, 4) is 0 Å². The molecule has 0 aromatic carbocycles. The molecule has 2 fully saturated rings. The molecule has 2 rings (SSSR count). The summed E-state index contributed by atoms with van der Waals surface area (Å²) in [6.45, 7) is 1.74. The zero-order valence-electron chi connectivity index (χ0n) is 10.6. The molecule has 6 nitrogen and oxygen atoms in total. The number of hydrogen-bond donors (Lipinski definition) is 0. The summed E-state index contributed by atoms with van der Waals surface area (Å²) in [6, 6.07) is -0.333. The van der Waals surface area contributed by atoms with Crippen molar-refractivity contribution in [2.45, 2.75) is 37.8 Å². The molecule has 2 aliphatic rings. The second-order valence-corrected chi connectivity index (χ2v) is 7.50. The van der Waals surface area contributed by atoms with Gasteiger partial charge in [-0.1, -0.05) is 0 Å². The predicted molar refractivity (Wildman–Crippen MR) is 66.8 cm³/mol. The third-order valence-corrected chi connectivity index (χ3v) is 6.82. The predicted octanol–water partition coefficient (Wildman–Crippen LogP) is 1.14. The zero-order valence-corrected chi connectivity index (χ0v) is 16.2.